The van der Waals surface area contributed by atoms with Crippen molar-refractivity contribution in [3.8, 4) is 0 Å². The van der Waals surface area contributed by atoms with Crippen molar-refractivity contribution in [2.24, 2.45) is 5.92 Å². The minimum Gasteiger partial charge on any atom is -0.0990 e. The van der Waals surface area contributed by atoms with Gasteiger partial charge in [0.1, 0.15) is 0 Å². The van der Waals surface area contributed by atoms with Gasteiger partial charge in [0.2, 0.25) is 0 Å². The second-order valence-corrected chi connectivity index (χ2v) is 6.25. The van der Waals surface area contributed by atoms with Crippen molar-refractivity contribution in [3.05, 3.63) is 121 Å². The molecule has 2 aliphatic rings. The van der Waals surface area contributed by atoms with E-state index in [1.807, 2.05) is 30.4 Å². The number of hydrogen-bond donors (Lipinski definition) is 0. The molecule has 128 valence electrons. The van der Waals surface area contributed by atoms with Crippen LogP contribution in [0.25, 0.3) is 0 Å². The third kappa shape index (κ3) is 6.08. The predicted octanol–water partition coefficient (Wildman–Crippen LogP) is 7.12. The zero-order valence-electron chi connectivity index (χ0n) is 15.0. The number of rotatable bonds is 8. The molecule has 0 heteroatoms. The SMILES string of the molecule is C=C/C=C(C=C)/C=C/C=C(\C=C)CC1=CCC(C2=CCCC=C2)C=C1. The van der Waals surface area contributed by atoms with Crippen molar-refractivity contribution >= 4 is 0 Å². The van der Waals surface area contributed by atoms with Crippen molar-refractivity contribution in [3.63, 3.8) is 0 Å². The molecule has 0 aromatic carbocycles. The fourth-order valence-corrected chi connectivity index (χ4v) is 3.00. The second kappa shape index (κ2) is 10.3. The average Bonchev–Trinajstić information content (AvgIpc) is 2.67. The summed E-state index contributed by atoms with van der Waals surface area (Å²) in [5.74, 6) is 0.538. The van der Waals surface area contributed by atoms with Crippen LogP contribution in [0.5, 0.6) is 0 Å². The lowest BCUT2D eigenvalue weighted by Gasteiger charge is -2.19. The molecule has 2 aliphatic carbocycles. The average molecular weight is 328 g/mol. The van der Waals surface area contributed by atoms with E-state index in [1.54, 1.807) is 6.08 Å². The van der Waals surface area contributed by atoms with Crippen molar-refractivity contribution in [2.75, 3.05) is 0 Å². The third-order valence-corrected chi connectivity index (χ3v) is 4.44. The first-order chi connectivity index (χ1) is 12.3. The summed E-state index contributed by atoms with van der Waals surface area (Å²) in [4.78, 5) is 0. The first-order valence-electron chi connectivity index (χ1n) is 8.95. The Bertz CT molecular complexity index is 711. The molecule has 0 radical (unpaired) electrons. The van der Waals surface area contributed by atoms with Gasteiger partial charge in [0.05, 0.1) is 0 Å². The molecular formula is C25H28. The first-order valence-corrected chi connectivity index (χ1v) is 8.95. The highest BCUT2D eigenvalue weighted by molar-refractivity contribution is 5.40. The Kier molecular flexibility index (Phi) is 7.72. The molecule has 0 bridgehead atoms. The molecule has 0 saturated carbocycles. The van der Waals surface area contributed by atoms with E-state index in [4.69, 9.17) is 0 Å². The summed E-state index contributed by atoms with van der Waals surface area (Å²) < 4.78 is 0. The number of allylic oxidation sites excluding steroid dienone is 17. The van der Waals surface area contributed by atoms with Gasteiger partial charge in [-0.05, 0) is 48.0 Å². The molecule has 0 nitrogen and oxygen atoms in total. The fraction of sp³-hybridized carbons (Fsp3) is 0.200. The Balaban J connectivity index is 1.96. The Hall–Kier alpha value is -2.60. The maximum absolute atomic E-state index is 3.95. The maximum atomic E-state index is 3.95. The van der Waals surface area contributed by atoms with Crippen LogP contribution in [-0.2, 0) is 0 Å². The molecule has 0 aromatic rings. The summed E-state index contributed by atoms with van der Waals surface area (Å²) in [5.41, 5.74) is 5.08. The van der Waals surface area contributed by atoms with Gasteiger partial charge in [-0.2, -0.15) is 0 Å². The third-order valence-electron chi connectivity index (χ3n) is 4.44. The van der Waals surface area contributed by atoms with Gasteiger partial charge < -0.3 is 0 Å². The Morgan fingerprint density at radius 2 is 1.92 bits per heavy atom. The van der Waals surface area contributed by atoms with Crippen molar-refractivity contribution < 1.29 is 0 Å². The Labute approximate surface area is 153 Å². The number of hydrogen-bond acceptors (Lipinski definition) is 0. The van der Waals surface area contributed by atoms with E-state index in [9.17, 15) is 0 Å². The van der Waals surface area contributed by atoms with Crippen LogP contribution in [0.2, 0.25) is 0 Å². The molecule has 0 spiro atoms. The maximum Gasteiger partial charge on any atom is 0.00526 e. The van der Waals surface area contributed by atoms with Gasteiger partial charge in [0.25, 0.3) is 0 Å². The molecule has 0 aliphatic heterocycles. The molecule has 25 heavy (non-hydrogen) atoms. The smallest absolute Gasteiger partial charge is 0.00526 e. The Morgan fingerprint density at radius 3 is 2.52 bits per heavy atom. The van der Waals surface area contributed by atoms with Crippen LogP contribution in [0.4, 0.5) is 0 Å². The zero-order chi connectivity index (χ0) is 17.9. The lowest BCUT2D eigenvalue weighted by molar-refractivity contribution is 0.761. The summed E-state index contributed by atoms with van der Waals surface area (Å²) in [6.07, 6.45) is 31.9. The molecule has 0 amide bonds. The summed E-state index contributed by atoms with van der Waals surface area (Å²) >= 11 is 0. The van der Waals surface area contributed by atoms with E-state index in [-0.39, 0.29) is 0 Å². The van der Waals surface area contributed by atoms with Gasteiger partial charge in [-0.1, -0.05) is 98.7 Å². The van der Waals surface area contributed by atoms with Gasteiger partial charge in [-0.15, -0.1) is 0 Å². The molecule has 0 aromatic heterocycles. The van der Waals surface area contributed by atoms with E-state index in [0.717, 1.165) is 18.4 Å². The largest absolute Gasteiger partial charge is 0.0990 e. The lowest BCUT2D eigenvalue weighted by atomic mass is 9.86. The van der Waals surface area contributed by atoms with E-state index < -0.39 is 0 Å². The van der Waals surface area contributed by atoms with Gasteiger partial charge in [0.15, 0.2) is 0 Å². The van der Waals surface area contributed by atoms with Gasteiger partial charge in [0, 0.05) is 5.92 Å². The second-order valence-electron chi connectivity index (χ2n) is 6.25. The van der Waals surface area contributed by atoms with Crippen LogP contribution in [0.3, 0.4) is 0 Å². The van der Waals surface area contributed by atoms with Crippen LogP contribution < -0.4 is 0 Å². The highest BCUT2D eigenvalue weighted by atomic mass is 14.2. The van der Waals surface area contributed by atoms with Crippen molar-refractivity contribution in [2.45, 2.75) is 25.7 Å². The van der Waals surface area contributed by atoms with Crippen LogP contribution >= 0.6 is 0 Å². The molecule has 1 unspecified atom stereocenters. The monoisotopic (exact) mass is 328 g/mol. The van der Waals surface area contributed by atoms with E-state index in [1.165, 1.54) is 29.6 Å². The quantitative estimate of drug-likeness (QED) is 0.416. The minimum absolute atomic E-state index is 0.538. The topological polar surface area (TPSA) is 0 Å². The van der Waals surface area contributed by atoms with Crippen LogP contribution in [0.15, 0.2) is 121 Å². The standard InChI is InChI=1S/C25H28/c1-4-11-21(5-2)12-10-13-22(6-3)20-23-16-18-25(19-17-23)24-14-8-7-9-15-24/h4-6,8,10-18,25H,1-3,7,9,19-20H2/b12-10+,21-11+,22-13+. The van der Waals surface area contributed by atoms with E-state index >= 15 is 0 Å². The highest BCUT2D eigenvalue weighted by Gasteiger charge is 2.13. The summed E-state index contributed by atoms with van der Waals surface area (Å²) in [6.45, 7) is 11.5. The normalized spacial score (nSPS) is 21.0. The Morgan fingerprint density at radius 1 is 1.04 bits per heavy atom. The molecule has 2 rings (SSSR count). The molecule has 0 heterocycles. The van der Waals surface area contributed by atoms with Gasteiger partial charge >= 0.3 is 0 Å². The molecular weight excluding hydrogens is 300 g/mol. The molecule has 0 N–H and O–H groups in total. The minimum atomic E-state index is 0.538. The zero-order valence-corrected chi connectivity index (χ0v) is 15.0. The molecule has 0 saturated heterocycles. The predicted molar refractivity (Wildman–Crippen MR) is 112 cm³/mol. The summed E-state index contributed by atoms with van der Waals surface area (Å²) in [7, 11) is 0. The van der Waals surface area contributed by atoms with Gasteiger partial charge in [-0.25, -0.2) is 0 Å². The van der Waals surface area contributed by atoms with Crippen LogP contribution in [0.1, 0.15) is 25.7 Å². The summed E-state index contributed by atoms with van der Waals surface area (Å²) in [5, 5.41) is 0. The van der Waals surface area contributed by atoms with Gasteiger partial charge in [-0.3, -0.25) is 0 Å². The first kappa shape index (κ1) is 18.7. The molecule has 1 atom stereocenters. The van der Waals surface area contributed by atoms with E-state index in [2.05, 4.69) is 62.3 Å². The molecule has 0 fully saturated rings. The van der Waals surface area contributed by atoms with Crippen molar-refractivity contribution in [1.29, 1.82) is 0 Å². The lowest BCUT2D eigenvalue weighted by Crippen LogP contribution is -2.04. The van der Waals surface area contributed by atoms with Crippen LogP contribution in [-0.4, -0.2) is 0 Å². The van der Waals surface area contributed by atoms with Crippen molar-refractivity contribution in [1.82, 2.24) is 0 Å². The highest BCUT2D eigenvalue weighted by Crippen LogP contribution is 2.29. The fourth-order valence-electron chi connectivity index (χ4n) is 3.00. The van der Waals surface area contributed by atoms with Crippen LogP contribution in [0, 0.1) is 5.92 Å². The summed E-state index contributed by atoms with van der Waals surface area (Å²) in [6, 6.07) is 0. The van der Waals surface area contributed by atoms with E-state index in [0.29, 0.717) is 5.92 Å².